The third-order valence-electron chi connectivity index (χ3n) is 4.74. The second-order valence-corrected chi connectivity index (χ2v) is 9.38. The lowest BCUT2D eigenvalue weighted by Crippen LogP contribution is -2.27. The van der Waals surface area contributed by atoms with E-state index in [2.05, 4.69) is 15.6 Å². The summed E-state index contributed by atoms with van der Waals surface area (Å²) >= 11 is 0. The van der Waals surface area contributed by atoms with Gasteiger partial charge in [0.25, 0.3) is 5.91 Å². The van der Waals surface area contributed by atoms with Crippen LogP contribution in [0.3, 0.4) is 0 Å². The molecular formula is C22H25N5O4S. The molecule has 1 heterocycles. The first kappa shape index (κ1) is 23.2. The summed E-state index contributed by atoms with van der Waals surface area (Å²) in [6.07, 6.45) is 5.33. The van der Waals surface area contributed by atoms with Gasteiger partial charge in [0.2, 0.25) is 15.9 Å². The van der Waals surface area contributed by atoms with Crippen LogP contribution < -0.4 is 10.6 Å². The molecule has 0 atom stereocenters. The first-order chi connectivity index (χ1) is 15.3. The van der Waals surface area contributed by atoms with Crippen LogP contribution in [0.2, 0.25) is 0 Å². The van der Waals surface area contributed by atoms with Crippen molar-refractivity contribution >= 4 is 27.5 Å². The summed E-state index contributed by atoms with van der Waals surface area (Å²) in [5, 5.41) is 5.52. The molecule has 10 heteroatoms. The smallest absolute Gasteiger partial charge is 0.251 e. The molecule has 2 N–H and O–H groups in total. The maximum atomic E-state index is 12.6. The lowest BCUT2D eigenvalue weighted by atomic mass is 10.1. The minimum Gasteiger partial charge on any atom is -0.348 e. The fourth-order valence-corrected chi connectivity index (χ4v) is 4.10. The largest absolute Gasteiger partial charge is 0.348 e. The van der Waals surface area contributed by atoms with Crippen molar-refractivity contribution in [1.82, 2.24) is 19.2 Å². The van der Waals surface area contributed by atoms with Crippen molar-refractivity contribution < 1.29 is 18.0 Å². The Morgan fingerprint density at radius 3 is 2.59 bits per heavy atom. The average Bonchev–Trinajstić information content (AvgIpc) is 3.30. The van der Waals surface area contributed by atoms with E-state index in [1.807, 2.05) is 0 Å². The predicted octanol–water partition coefficient (Wildman–Crippen LogP) is 2.09. The quantitative estimate of drug-likeness (QED) is 0.513. The summed E-state index contributed by atoms with van der Waals surface area (Å²) in [7, 11) is -0.717. The van der Waals surface area contributed by atoms with Gasteiger partial charge >= 0.3 is 0 Å². The molecular weight excluding hydrogens is 430 g/mol. The summed E-state index contributed by atoms with van der Waals surface area (Å²) in [6, 6.07) is 13.1. The highest BCUT2D eigenvalue weighted by Crippen LogP contribution is 2.19. The second-order valence-electron chi connectivity index (χ2n) is 7.26. The molecule has 0 saturated carbocycles. The zero-order chi connectivity index (χ0) is 23.1. The number of imidazole rings is 1. The number of nitrogens with zero attached hydrogens (tertiary/aromatic N) is 3. The molecule has 0 unspecified atom stereocenters. The second kappa shape index (κ2) is 10.2. The molecule has 3 aromatic rings. The molecule has 168 valence electrons. The number of amides is 2. The van der Waals surface area contributed by atoms with Crippen LogP contribution in [0.25, 0.3) is 0 Å². The maximum absolute atomic E-state index is 12.6. The van der Waals surface area contributed by atoms with E-state index in [9.17, 15) is 18.0 Å². The van der Waals surface area contributed by atoms with Crippen LogP contribution in [0.1, 0.15) is 22.3 Å². The van der Waals surface area contributed by atoms with Crippen molar-refractivity contribution in [2.24, 2.45) is 0 Å². The van der Waals surface area contributed by atoms with Crippen LogP contribution in [-0.2, 0) is 27.9 Å². The topological polar surface area (TPSA) is 113 Å². The number of sulfonamides is 1. The standard InChI is InChI=1S/C22H25N5O4S/c1-26(2)32(30,31)20-9-4-3-6-18(20)15-24-22(29)17-7-5-8-19(14-17)25-21(28)10-12-27-13-11-23-16-27/h3-9,11,13-14,16H,10,12,15H2,1-2H3,(H,24,29)(H,25,28). The lowest BCUT2D eigenvalue weighted by molar-refractivity contribution is -0.116. The van der Waals surface area contributed by atoms with Gasteiger partial charge in [-0.2, -0.15) is 0 Å². The summed E-state index contributed by atoms with van der Waals surface area (Å²) < 4.78 is 28.0. The summed E-state index contributed by atoms with van der Waals surface area (Å²) in [5.41, 5.74) is 1.34. The number of hydrogen-bond donors (Lipinski definition) is 2. The highest BCUT2D eigenvalue weighted by Gasteiger charge is 2.21. The Hall–Kier alpha value is -3.50. The fraction of sp³-hybridized carbons (Fsp3) is 0.227. The molecule has 0 aliphatic carbocycles. The molecule has 0 bridgehead atoms. The van der Waals surface area contributed by atoms with E-state index in [0.717, 1.165) is 4.31 Å². The van der Waals surface area contributed by atoms with Gasteiger partial charge in [-0.05, 0) is 29.8 Å². The van der Waals surface area contributed by atoms with Gasteiger partial charge in [-0.1, -0.05) is 24.3 Å². The Morgan fingerprint density at radius 1 is 1.09 bits per heavy atom. The summed E-state index contributed by atoms with van der Waals surface area (Å²) in [5.74, 6) is -0.560. The van der Waals surface area contributed by atoms with Gasteiger partial charge in [-0.3, -0.25) is 9.59 Å². The molecule has 9 nitrogen and oxygen atoms in total. The lowest BCUT2D eigenvalue weighted by Gasteiger charge is -2.15. The molecule has 1 aromatic heterocycles. The van der Waals surface area contributed by atoms with Crippen LogP contribution in [0.5, 0.6) is 0 Å². The van der Waals surface area contributed by atoms with Gasteiger partial charge in [-0.15, -0.1) is 0 Å². The maximum Gasteiger partial charge on any atom is 0.251 e. The number of carbonyl (C=O) groups is 2. The number of rotatable bonds is 9. The molecule has 0 radical (unpaired) electrons. The van der Waals surface area contributed by atoms with Crippen LogP contribution in [0.15, 0.2) is 72.1 Å². The van der Waals surface area contributed by atoms with Crippen molar-refractivity contribution in [3.63, 3.8) is 0 Å². The average molecular weight is 456 g/mol. The van der Waals surface area contributed by atoms with Gasteiger partial charge in [0.15, 0.2) is 0 Å². The van der Waals surface area contributed by atoms with Crippen LogP contribution in [0.4, 0.5) is 5.69 Å². The zero-order valence-electron chi connectivity index (χ0n) is 17.9. The highest BCUT2D eigenvalue weighted by molar-refractivity contribution is 7.89. The van der Waals surface area contributed by atoms with Gasteiger partial charge < -0.3 is 15.2 Å². The van der Waals surface area contributed by atoms with E-state index in [4.69, 9.17) is 0 Å². The molecule has 0 saturated heterocycles. The number of benzene rings is 2. The van der Waals surface area contributed by atoms with Gasteiger partial charge in [0.05, 0.1) is 11.2 Å². The van der Waals surface area contributed by atoms with Gasteiger partial charge in [-0.25, -0.2) is 17.7 Å². The fourth-order valence-electron chi connectivity index (χ4n) is 2.99. The van der Waals surface area contributed by atoms with Gasteiger partial charge in [0, 0.05) is 57.3 Å². The van der Waals surface area contributed by atoms with Crippen LogP contribution in [-0.4, -0.2) is 48.2 Å². The van der Waals surface area contributed by atoms with Crippen molar-refractivity contribution in [2.75, 3.05) is 19.4 Å². The molecule has 0 aliphatic heterocycles. The Morgan fingerprint density at radius 2 is 1.88 bits per heavy atom. The SMILES string of the molecule is CN(C)S(=O)(=O)c1ccccc1CNC(=O)c1cccc(NC(=O)CCn2ccnc2)c1. The predicted molar refractivity (Wildman–Crippen MR) is 120 cm³/mol. The van der Waals surface area contributed by atoms with E-state index >= 15 is 0 Å². The van der Waals surface area contributed by atoms with Crippen molar-refractivity contribution in [2.45, 2.75) is 24.4 Å². The van der Waals surface area contributed by atoms with Crippen LogP contribution >= 0.6 is 0 Å². The molecule has 3 rings (SSSR count). The monoisotopic (exact) mass is 455 g/mol. The Labute approximate surface area is 187 Å². The van der Waals surface area contributed by atoms with Crippen molar-refractivity contribution in [3.8, 4) is 0 Å². The summed E-state index contributed by atoms with van der Waals surface area (Å²) in [6.45, 7) is 0.546. The first-order valence-corrected chi connectivity index (χ1v) is 11.4. The number of anilines is 1. The number of aromatic nitrogens is 2. The minimum atomic E-state index is -3.63. The van der Waals surface area contributed by atoms with E-state index < -0.39 is 10.0 Å². The van der Waals surface area contributed by atoms with E-state index in [1.165, 1.54) is 20.2 Å². The third kappa shape index (κ3) is 5.80. The number of carbonyl (C=O) groups excluding carboxylic acids is 2. The van der Waals surface area contributed by atoms with E-state index in [0.29, 0.717) is 23.4 Å². The van der Waals surface area contributed by atoms with E-state index in [1.54, 1.807) is 65.8 Å². The van der Waals surface area contributed by atoms with E-state index in [-0.39, 0.29) is 29.7 Å². The Bertz CT molecular complexity index is 1190. The molecule has 2 aromatic carbocycles. The Balaban J connectivity index is 1.63. The summed E-state index contributed by atoms with van der Waals surface area (Å²) in [4.78, 5) is 28.9. The third-order valence-corrected chi connectivity index (χ3v) is 6.65. The first-order valence-electron chi connectivity index (χ1n) is 9.91. The Kier molecular flexibility index (Phi) is 7.39. The minimum absolute atomic E-state index is 0.0452. The van der Waals surface area contributed by atoms with Crippen molar-refractivity contribution in [3.05, 3.63) is 78.4 Å². The molecule has 0 spiro atoms. The van der Waals surface area contributed by atoms with Crippen molar-refractivity contribution in [1.29, 1.82) is 0 Å². The zero-order valence-corrected chi connectivity index (χ0v) is 18.7. The molecule has 32 heavy (non-hydrogen) atoms. The molecule has 2 amide bonds. The molecule has 0 fully saturated rings. The number of hydrogen-bond acceptors (Lipinski definition) is 5. The number of nitrogens with one attached hydrogen (secondary N) is 2. The molecule has 0 aliphatic rings. The normalized spacial score (nSPS) is 11.3. The highest BCUT2D eigenvalue weighted by atomic mass is 32.2. The van der Waals surface area contributed by atoms with Gasteiger partial charge in [0.1, 0.15) is 0 Å². The van der Waals surface area contributed by atoms with Crippen LogP contribution in [0, 0.1) is 0 Å². The number of aryl methyl sites for hydroxylation is 1.